The standard InChI is InChI=1S/C23H21FIN4O4/c1-31-22-14(24)5-4-6-16(22)28-21-18-20-15(11-27-23(18)30)25-33-10-3-2-9-32-17-12-26-8-7-13(17)19(21)29-20/h2-8,12,15,28-29H,9-11H2,1H3,(H,27,30)/q-1/b3-2-/t15-/m1/s1. The van der Waals surface area contributed by atoms with E-state index in [0.29, 0.717) is 48.1 Å². The number of fused-ring (bicyclic) bond motifs is 3. The SMILES string of the molecule is COc1c(F)cccc1Nc1c2[nH]c3c1C(=O)NC[C@H]3[I-]OC/C=C\COc1cnccc1-2. The molecule has 4 heterocycles. The first-order chi connectivity index (χ1) is 16.2. The number of aromatic nitrogens is 2. The number of nitrogens with zero attached hydrogens (tertiary/aromatic N) is 1. The molecule has 0 spiro atoms. The summed E-state index contributed by atoms with van der Waals surface area (Å²) in [7, 11) is 1.41. The number of amides is 1. The Morgan fingerprint density at radius 2 is 2.15 bits per heavy atom. The van der Waals surface area contributed by atoms with Gasteiger partial charge in [-0.3, -0.25) is 0 Å². The van der Waals surface area contributed by atoms with Gasteiger partial charge in [-0.1, -0.05) is 0 Å². The summed E-state index contributed by atoms with van der Waals surface area (Å²) in [4.78, 5) is 20.7. The molecule has 8 nitrogen and oxygen atoms in total. The van der Waals surface area contributed by atoms with Crippen molar-refractivity contribution in [1.29, 1.82) is 0 Å². The number of rotatable bonds is 3. The Bertz CT molecular complexity index is 1230. The Kier molecular flexibility index (Phi) is 6.18. The monoisotopic (exact) mass is 563 g/mol. The quantitative estimate of drug-likeness (QED) is 0.247. The third kappa shape index (κ3) is 4.15. The number of hydrogen-bond donors (Lipinski definition) is 3. The van der Waals surface area contributed by atoms with Gasteiger partial charge in [0.2, 0.25) is 0 Å². The summed E-state index contributed by atoms with van der Waals surface area (Å²) in [5.41, 5.74) is 3.58. The number of pyridine rings is 1. The number of carbonyl (C=O) groups excluding carboxylic acids is 1. The minimum absolute atomic E-state index is 0.0283. The molecule has 2 aromatic heterocycles. The molecular formula is C23H21FIN4O4-. The van der Waals surface area contributed by atoms with Crippen LogP contribution in [0.15, 0.2) is 48.8 Å². The number of carbonyl (C=O) groups is 1. The van der Waals surface area contributed by atoms with Crippen molar-refractivity contribution in [3.8, 4) is 22.8 Å². The van der Waals surface area contributed by atoms with Gasteiger partial charge >= 0.3 is 201 Å². The van der Waals surface area contributed by atoms with Crippen LogP contribution in [0.3, 0.4) is 0 Å². The molecule has 0 aliphatic carbocycles. The second kappa shape index (κ2) is 9.40. The molecule has 10 heteroatoms. The van der Waals surface area contributed by atoms with Crippen molar-refractivity contribution < 1.29 is 43.3 Å². The average molecular weight is 563 g/mol. The number of para-hydroxylation sites is 1. The van der Waals surface area contributed by atoms with Gasteiger partial charge in [0, 0.05) is 0 Å². The predicted octanol–water partition coefficient (Wildman–Crippen LogP) is 0.722. The van der Waals surface area contributed by atoms with E-state index >= 15 is 0 Å². The molecule has 33 heavy (non-hydrogen) atoms. The average Bonchev–Trinajstić information content (AvgIpc) is 3.20. The number of methoxy groups -OCH3 is 1. The Balaban J connectivity index is 1.72. The summed E-state index contributed by atoms with van der Waals surface area (Å²) in [6.45, 7) is 1.33. The zero-order valence-corrected chi connectivity index (χ0v) is 19.8. The molecule has 0 radical (unpaired) electrons. The molecule has 0 unspecified atom stereocenters. The molecule has 0 saturated carbocycles. The van der Waals surface area contributed by atoms with E-state index in [2.05, 4.69) is 20.6 Å². The summed E-state index contributed by atoms with van der Waals surface area (Å²) in [6, 6.07) is 6.43. The van der Waals surface area contributed by atoms with Gasteiger partial charge in [0.15, 0.2) is 0 Å². The van der Waals surface area contributed by atoms with Crippen LogP contribution in [0.25, 0.3) is 11.3 Å². The molecule has 2 aliphatic rings. The van der Waals surface area contributed by atoms with Gasteiger partial charge in [0.25, 0.3) is 0 Å². The van der Waals surface area contributed by atoms with E-state index in [9.17, 15) is 9.18 Å². The molecule has 0 fully saturated rings. The maximum absolute atomic E-state index is 14.4. The van der Waals surface area contributed by atoms with Crippen molar-refractivity contribution in [1.82, 2.24) is 15.3 Å². The Morgan fingerprint density at radius 3 is 3.03 bits per heavy atom. The van der Waals surface area contributed by atoms with Crippen molar-refractivity contribution >= 4 is 17.3 Å². The van der Waals surface area contributed by atoms with Crippen LogP contribution in [0.2, 0.25) is 0 Å². The second-order valence-electron chi connectivity index (χ2n) is 7.31. The Morgan fingerprint density at radius 1 is 1.27 bits per heavy atom. The normalized spacial score (nSPS) is 18.7. The third-order valence-electron chi connectivity index (χ3n) is 5.33. The van der Waals surface area contributed by atoms with Crippen LogP contribution < -0.4 is 41.7 Å². The molecule has 1 aromatic carbocycles. The Hall–Kier alpha value is -3.12. The zero-order valence-electron chi connectivity index (χ0n) is 17.7. The summed E-state index contributed by atoms with van der Waals surface area (Å²) >= 11 is -0.713. The van der Waals surface area contributed by atoms with E-state index in [0.717, 1.165) is 11.3 Å². The van der Waals surface area contributed by atoms with Gasteiger partial charge in [-0.25, -0.2) is 0 Å². The number of halogens is 2. The molecule has 5 rings (SSSR count). The predicted molar refractivity (Wildman–Crippen MR) is 116 cm³/mol. The van der Waals surface area contributed by atoms with Crippen LogP contribution in [-0.4, -0.2) is 42.7 Å². The molecule has 2 aliphatic heterocycles. The third-order valence-corrected chi connectivity index (χ3v) is 7.72. The fourth-order valence-electron chi connectivity index (χ4n) is 3.84. The van der Waals surface area contributed by atoms with E-state index in [1.807, 2.05) is 18.2 Å². The first kappa shape index (κ1) is 21.7. The minimum atomic E-state index is -0.713. The molecule has 1 atom stereocenters. The molecule has 3 aromatic rings. The van der Waals surface area contributed by atoms with E-state index in [-0.39, 0.29) is 15.6 Å². The summed E-state index contributed by atoms with van der Waals surface area (Å²) in [5, 5.41) is 6.22. The number of aromatic amines is 1. The van der Waals surface area contributed by atoms with Gasteiger partial charge in [0.05, 0.1) is 0 Å². The second-order valence-corrected chi connectivity index (χ2v) is 9.94. The first-order valence-electron chi connectivity index (χ1n) is 10.3. The van der Waals surface area contributed by atoms with Gasteiger partial charge in [0.1, 0.15) is 0 Å². The van der Waals surface area contributed by atoms with Crippen LogP contribution >= 0.6 is 0 Å². The fraction of sp³-hybridized carbons (Fsp3) is 0.217. The first-order valence-corrected chi connectivity index (χ1v) is 12.4. The molecule has 3 N–H and O–H groups in total. The van der Waals surface area contributed by atoms with Crippen LogP contribution in [0.5, 0.6) is 11.5 Å². The molecular weight excluding hydrogens is 542 g/mol. The van der Waals surface area contributed by atoms with Crippen molar-refractivity contribution in [2.45, 2.75) is 3.92 Å². The van der Waals surface area contributed by atoms with Crippen LogP contribution in [-0.2, 0) is 3.07 Å². The number of alkyl halides is 1. The van der Waals surface area contributed by atoms with Gasteiger partial charge in [-0.05, 0) is 0 Å². The number of ether oxygens (including phenoxy) is 2. The molecule has 0 saturated heterocycles. The van der Waals surface area contributed by atoms with Gasteiger partial charge in [-0.2, -0.15) is 0 Å². The van der Waals surface area contributed by atoms with Crippen molar-refractivity contribution in [2.75, 3.05) is 32.2 Å². The Labute approximate surface area is 200 Å². The topological polar surface area (TPSA) is 97.5 Å². The number of benzene rings is 1. The summed E-state index contributed by atoms with van der Waals surface area (Å²) in [5.74, 6) is -0.0967. The zero-order chi connectivity index (χ0) is 22.8. The molecule has 2 bridgehead atoms. The summed E-state index contributed by atoms with van der Waals surface area (Å²) < 4.78 is 31.6. The van der Waals surface area contributed by atoms with Crippen molar-refractivity contribution in [2.24, 2.45) is 0 Å². The van der Waals surface area contributed by atoms with Crippen LogP contribution in [0.1, 0.15) is 20.0 Å². The van der Waals surface area contributed by atoms with Crippen LogP contribution in [0.4, 0.5) is 15.8 Å². The van der Waals surface area contributed by atoms with Gasteiger partial charge < -0.3 is 0 Å². The van der Waals surface area contributed by atoms with E-state index in [4.69, 9.17) is 12.5 Å². The molecule has 172 valence electrons. The number of hydrogen-bond acceptors (Lipinski definition) is 6. The maximum atomic E-state index is 14.4. The van der Waals surface area contributed by atoms with Gasteiger partial charge in [-0.15, -0.1) is 0 Å². The number of anilines is 2. The fourth-order valence-corrected chi connectivity index (χ4v) is 5.81. The summed E-state index contributed by atoms with van der Waals surface area (Å²) in [6.07, 6.45) is 7.13. The van der Waals surface area contributed by atoms with Crippen molar-refractivity contribution in [3.05, 3.63) is 65.9 Å². The number of H-pyrrole nitrogens is 1. The van der Waals surface area contributed by atoms with E-state index in [1.54, 1.807) is 24.5 Å². The van der Waals surface area contributed by atoms with E-state index < -0.39 is 27.4 Å². The van der Waals surface area contributed by atoms with E-state index in [1.165, 1.54) is 13.2 Å². The number of nitrogens with one attached hydrogen (secondary N) is 3. The van der Waals surface area contributed by atoms with Crippen LogP contribution in [0, 0.1) is 5.82 Å². The molecule has 1 amide bonds. The van der Waals surface area contributed by atoms with Crippen molar-refractivity contribution in [3.63, 3.8) is 0 Å².